The van der Waals surface area contributed by atoms with Crippen LogP contribution in [-0.4, -0.2) is 18.6 Å². The first-order chi connectivity index (χ1) is 5.22. The van der Waals surface area contributed by atoms with Crippen LogP contribution in [0.2, 0.25) is 0 Å². The molecule has 0 aliphatic carbocycles. The maximum Gasteiger partial charge on any atom is 0.323 e. The van der Waals surface area contributed by atoms with Gasteiger partial charge in [-0.25, -0.2) is 4.72 Å². The summed E-state index contributed by atoms with van der Waals surface area (Å²) in [5.74, 6) is -0.282. The second-order valence-electron chi connectivity index (χ2n) is 1.81. The highest BCUT2D eigenvalue weighted by Gasteiger charge is 2.11. The Hall–Kier alpha value is -0.660. The van der Waals surface area contributed by atoms with Gasteiger partial charge in [-0.1, -0.05) is 0 Å². The Morgan fingerprint density at radius 1 is 1.91 bits per heavy atom. The summed E-state index contributed by atoms with van der Waals surface area (Å²) in [4.78, 5) is 10.9. The molecule has 0 aliphatic heterocycles. The number of nitrogens with one attached hydrogen (secondary N) is 1. The van der Waals surface area contributed by atoms with Gasteiger partial charge in [-0.3, -0.25) is 4.79 Å². The van der Waals surface area contributed by atoms with Gasteiger partial charge in [0, 0.05) is 11.9 Å². The lowest BCUT2D eigenvalue weighted by Gasteiger charge is -2.08. The van der Waals surface area contributed by atoms with Crippen molar-refractivity contribution < 1.29 is 9.53 Å². The van der Waals surface area contributed by atoms with E-state index < -0.39 is 0 Å². The fourth-order valence-electron chi connectivity index (χ4n) is 0.438. The average Bonchev–Trinajstić information content (AvgIpc) is 2.00. The standard InChI is InChI=1S/C7H11NO2S/c1-4-10-7(9)6(3)8-11-5-2/h2,6,8H,4H2,1,3H3/t6-/m0/s1. The minimum atomic E-state index is -0.351. The molecule has 1 N–H and O–H groups in total. The van der Waals surface area contributed by atoms with Crippen LogP contribution >= 0.6 is 11.9 Å². The van der Waals surface area contributed by atoms with Crippen LogP contribution in [-0.2, 0) is 9.53 Å². The fourth-order valence-corrected chi connectivity index (χ4v) is 0.779. The summed E-state index contributed by atoms with van der Waals surface area (Å²) in [5, 5.41) is 2.29. The molecule has 0 aromatic rings. The minimum absolute atomic E-state index is 0.282. The summed E-state index contributed by atoms with van der Waals surface area (Å²) in [6.45, 7) is 3.85. The Labute approximate surface area is 71.0 Å². The van der Waals surface area contributed by atoms with Crippen LogP contribution in [0.1, 0.15) is 13.8 Å². The molecule has 0 heterocycles. The zero-order valence-electron chi connectivity index (χ0n) is 6.59. The Balaban J connectivity index is 3.57. The zero-order chi connectivity index (χ0) is 8.69. The van der Waals surface area contributed by atoms with Crippen molar-refractivity contribution in [1.29, 1.82) is 0 Å². The quantitative estimate of drug-likeness (QED) is 0.387. The van der Waals surface area contributed by atoms with E-state index in [0.29, 0.717) is 6.61 Å². The summed E-state index contributed by atoms with van der Waals surface area (Å²) >= 11 is 1.05. The maximum atomic E-state index is 10.9. The van der Waals surface area contributed by atoms with E-state index >= 15 is 0 Å². The van der Waals surface area contributed by atoms with Crippen molar-refractivity contribution in [3.63, 3.8) is 0 Å². The van der Waals surface area contributed by atoms with Gasteiger partial charge >= 0.3 is 5.97 Å². The molecule has 0 aliphatic rings. The summed E-state index contributed by atoms with van der Waals surface area (Å²) in [7, 11) is 0. The van der Waals surface area contributed by atoms with Crippen LogP contribution in [0.15, 0.2) is 0 Å². The SMILES string of the molecule is C#CSN[C@@H](C)C(=O)OCC. The van der Waals surface area contributed by atoms with Crippen molar-refractivity contribution in [1.82, 2.24) is 4.72 Å². The number of terminal acetylenes is 1. The fraction of sp³-hybridized carbons (Fsp3) is 0.571. The smallest absolute Gasteiger partial charge is 0.323 e. The third-order valence-electron chi connectivity index (χ3n) is 0.935. The highest BCUT2D eigenvalue weighted by atomic mass is 32.2. The molecule has 0 aromatic carbocycles. The minimum Gasteiger partial charge on any atom is -0.465 e. The molecule has 0 aromatic heterocycles. The van der Waals surface area contributed by atoms with E-state index in [1.165, 1.54) is 0 Å². The first-order valence-electron chi connectivity index (χ1n) is 3.26. The van der Waals surface area contributed by atoms with Crippen LogP contribution in [0.25, 0.3) is 0 Å². The highest BCUT2D eigenvalue weighted by Crippen LogP contribution is 1.94. The predicted octanol–water partition coefficient (Wildman–Crippen LogP) is 0.766. The number of rotatable bonds is 4. The van der Waals surface area contributed by atoms with Gasteiger partial charge in [-0.15, -0.1) is 6.42 Å². The first-order valence-corrected chi connectivity index (χ1v) is 4.07. The largest absolute Gasteiger partial charge is 0.465 e. The molecular weight excluding hydrogens is 162 g/mol. The lowest BCUT2D eigenvalue weighted by Crippen LogP contribution is -2.30. The Bertz CT molecular complexity index is 164. The lowest BCUT2D eigenvalue weighted by atomic mass is 10.4. The van der Waals surface area contributed by atoms with E-state index in [-0.39, 0.29) is 12.0 Å². The molecular formula is C7H11NO2S. The van der Waals surface area contributed by atoms with E-state index in [1.54, 1.807) is 13.8 Å². The van der Waals surface area contributed by atoms with Crippen molar-refractivity contribution in [3.05, 3.63) is 0 Å². The molecule has 0 rings (SSSR count). The third kappa shape index (κ3) is 4.71. The second kappa shape index (κ2) is 6.08. The Morgan fingerprint density at radius 3 is 3.00 bits per heavy atom. The summed E-state index contributed by atoms with van der Waals surface area (Å²) in [6, 6.07) is -0.351. The van der Waals surface area contributed by atoms with E-state index in [1.807, 2.05) is 0 Å². The van der Waals surface area contributed by atoms with Gasteiger partial charge in [0.15, 0.2) is 0 Å². The van der Waals surface area contributed by atoms with Crippen molar-refractivity contribution in [2.24, 2.45) is 0 Å². The molecule has 0 bridgehead atoms. The first kappa shape index (κ1) is 10.3. The van der Waals surface area contributed by atoms with E-state index in [4.69, 9.17) is 11.2 Å². The Kier molecular flexibility index (Phi) is 5.71. The molecule has 62 valence electrons. The number of carbonyl (C=O) groups is 1. The van der Waals surface area contributed by atoms with E-state index in [0.717, 1.165) is 11.9 Å². The predicted molar refractivity (Wildman–Crippen MR) is 45.7 cm³/mol. The number of ether oxygens (including phenoxy) is 1. The molecule has 0 saturated carbocycles. The van der Waals surface area contributed by atoms with Gasteiger partial charge in [0.2, 0.25) is 0 Å². The van der Waals surface area contributed by atoms with Crippen molar-refractivity contribution >= 4 is 17.9 Å². The second-order valence-corrected chi connectivity index (χ2v) is 2.49. The topological polar surface area (TPSA) is 38.3 Å². The van der Waals surface area contributed by atoms with Crippen LogP contribution < -0.4 is 4.72 Å². The monoisotopic (exact) mass is 173 g/mol. The van der Waals surface area contributed by atoms with Gasteiger partial charge in [-0.05, 0) is 19.1 Å². The maximum absolute atomic E-state index is 10.9. The van der Waals surface area contributed by atoms with Crippen molar-refractivity contribution in [2.45, 2.75) is 19.9 Å². The van der Waals surface area contributed by atoms with Gasteiger partial charge in [0.05, 0.1) is 6.61 Å². The van der Waals surface area contributed by atoms with Crippen LogP contribution in [0.4, 0.5) is 0 Å². The van der Waals surface area contributed by atoms with Crippen LogP contribution in [0, 0.1) is 11.7 Å². The molecule has 0 unspecified atom stereocenters. The Morgan fingerprint density at radius 2 is 2.55 bits per heavy atom. The van der Waals surface area contributed by atoms with Crippen molar-refractivity contribution in [2.75, 3.05) is 6.61 Å². The molecule has 0 fully saturated rings. The van der Waals surface area contributed by atoms with Gasteiger partial charge < -0.3 is 4.74 Å². The number of esters is 1. The molecule has 0 saturated heterocycles. The van der Waals surface area contributed by atoms with Gasteiger partial charge in [0.1, 0.15) is 6.04 Å². The summed E-state index contributed by atoms with van der Waals surface area (Å²) < 4.78 is 7.44. The molecule has 4 heteroatoms. The van der Waals surface area contributed by atoms with Crippen LogP contribution in [0.5, 0.6) is 0 Å². The molecule has 0 amide bonds. The van der Waals surface area contributed by atoms with Gasteiger partial charge in [0.25, 0.3) is 0 Å². The molecule has 0 radical (unpaired) electrons. The number of hydrogen-bond donors (Lipinski definition) is 1. The number of hydrogen-bond acceptors (Lipinski definition) is 4. The molecule has 1 atom stereocenters. The lowest BCUT2D eigenvalue weighted by molar-refractivity contribution is -0.144. The summed E-state index contributed by atoms with van der Waals surface area (Å²) in [5.41, 5.74) is 0. The summed E-state index contributed by atoms with van der Waals surface area (Å²) in [6.07, 6.45) is 4.95. The number of carbonyl (C=O) groups excluding carboxylic acids is 1. The molecule has 11 heavy (non-hydrogen) atoms. The normalized spacial score (nSPS) is 11.7. The third-order valence-corrected chi connectivity index (χ3v) is 1.52. The van der Waals surface area contributed by atoms with Gasteiger partial charge in [-0.2, -0.15) is 0 Å². The highest BCUT2D eigenvalue weighted by molar-refractivity contribution is 8.02. The average molecular weight is 173 g/mol. The van der Waals surface area contributed by atoms with Crippen molar-refractivity contribution in [3.8, 4) is 11.7 Å². The van der Waals surface area contributed by atoms with E-state index in [2.05, 4.69) is 9.97 Å². The molecule has 0 spiro atoms. The zero-order valence-corrected chi connectivity index (χ0v) is 7.40. The molecule has 3 nitrogen and oxygen atoms in total. The van der Waals surface area contributed by atoms with Crippen LogP contribution in [0.3, 0.4) is 0 Å². The van der Waals surface area contributed by atoms with E-state index in [9.17, 15) is 4.79 Å².